The van der Waals surface area contributed by atoms with Crippen molar-refractivity contribution >= 4 is 17.6 Å². The minimum atomic E-state index is -0.574. The summed E-state index contributed by atoms with van der Waals surface area (Å²) < 4.78 is 20.7. The van der Waals surface area contributed by atoms with E-state index in [1.807, 2.05) is 6.07 Å². The second-order valence-corrected chi connectivity index (χ2v) is 5.88. The summed E-state index contributed by atoms with van der Waals surface area (Å²) >= 11 is 0. The first-order valence-electron chi connectivity index (χ1n) is 8.79. The van der Waals surface area contributed by atoms with Gasteiger partial charge in [-0.25, -0.2) is 4.79 Å². The van der Waals surface area contributed by atoms with E-state index in [2.05, 4.69) is 5.32 Å². The van der Waals surface area contributed by atoms with Gasteiger partial charge in [-0.2, -0.15) is 5.26 Å². The number of amides is 1. The predicted octanol–water partition coefficient (Wildman–Crippen LogP) is 3.16. The maximum Gasteiger partial charge on any atom is 0.340 e. The molecule has 0 saturated heterocycles. The Kier molecular flexibility index (Phi) is 7.86. The highest BCUT2D eigenvalue weighted by atomic mass is 16.5. The van der Waals surface area contributed by atoms with Crippen molar-refractivity contribution < 1.29 is 28.5 Å². The molecule has 0 aliphatic carbocycles. The van der Waals surface area contributed by atoms with E-state index in [0.717, 1.165) is 0 Å². The Morgan fingerprint density at radius 1 is 1.03 bits per heavy atom. The zero-order valence-corrected chi connectivity index (χ0v) is 16.5. The van der Waals surface area contributed by atoms with Crippen LogP contribution in [-0.2, 0) is 9.53 Å². The van der Waals surface area contributed by atoms with Crippen LogP contribution >= 0.6 is 0 Å². The number of nitriles is 1. The Morgan fingerprint density at radius 2 is 1.83 bits per heavy atom. The SMILES string of the molecule is COC(=O)c1cc(OC)ccc1NC(=O)CCCOc1ccc(C#N)cc1OC. The molecule has 0 heterocycles. The molecule has 0 spiro atoms. The quantitative estimate of drug-likeness (QED) is 0.511. The highest BCUT2D eigenvalue weighted by molar-refractivity contribution is 6.01. The molecule has 0 saturated carbocycles. The van der Waals surface area contributed by atoms with Gasteiger partial charge in [0, 0.05) is 12.5 Å². The van der Waals surface area contributed by atoms with Gasteiger partial charge in [-0.15, -0.1) is 0 Å². The van der Waals surface area contributed by atoms with Crippen molar-refractivity contribution in [2.75, 3.05) is 33.3 Å². The second-order valence-electron chi connectivity index (χ2n) is 5.88. The molecule has 29 heavy (non-hydrogen) atoms. The van der Waals surface area contributed by atoms with Crippen molar-refractivity contribution in [1.82, 2.24) is 0 Å². The van der Waals surface area contributed by atoms with Crippen molar-refractivity contribution in [2.45, 2.75) is 12.8 Å². The van der Waals surface area contributed by atoms with Crippen LogP contribution < -0.4 is 19.5 Å². The van der Waals surface area contributed by atoms with E-state index in [0.29, 0.717) is 34.9 Å². The summed E-state index contributed by atoms with van der Waals surface area (Å²) in [5.41, 5.74) is 1.02. The molecular weight excluding hydrogens is 376 g/mol. The van der Waals surface area contributed by atoms with Crippen LogP contribution in [0.5, 0.6) is 17.2 Å². The zero-order valence-electron chi connectivity index (χ0n) is 16.5. The van der Waals surface area contributed by atoms with E-state index in [4.69, 9.17) is 24.2 Å². The number of nitrogens with one attached hydrogen (secondary N) is 1. The molecule has 0 bridgehead atoms. The molecule has 0 aliphatic rings. The Morgan fingerprint density at radius 3 is 2.48 bits per heavy atom. The van der Waals surface area contributed by atoms with Crippen LogP contribution in [0.25, 0.3) is 0 Å². The maximum atomic E-state index is 12.2. The molecule has 8 heteroatoms. The summed E-state index contributed by atoms with van der Waals surface area (Å²) in [6, 6.07) is 11.6. The Labute approximate surface area is 168 Å². The lowest BCUT2D eigenvalue weighted by atomic mass is 10.1. The Balaban J connectivity index is 1.91. The number of anilines is 1. The van der Waals surface area contributed by atoms with Gasteiger partial charge in [-0.05, 0) is 36.8 Å². The van der Waals surface area contributed by atoms with Crippen molar-refractivity contribution in [3.63, 3.8) is 0 Å². The molecule has 0 radical (unpaired) electrons. The number of nitrogens with zero attached hydrogens (tertiary/aromatic N) is 1. The highest BCUT2D eigenvalue weighted by Crippen LogP contribution is 2.28. The number of esters is 1. The van der Waals surface area contributed by atoms with Gasteiger partial charge in [-0.3, -0.25) is 4.79 Å². The van der Waals surface area contributed by atoms with Crippen molar-refractivity contribution in [1.29, 1.82) is 5.26 Å². The fourth-order valence-corrected chi connectivity index (χ4v) is 2.52. The third kappa shape index (κ3) is 5.87. The van der Waals surface area contributed by atoms with Gasteiger partial charge >= 0.3 is 5.97 Å². The van der Waals surface area contributed by atoms with Gasteiger partial charge < -0.3 is 24.3 Å². The number of carbonyl (C=O) groups is 2. The van der Waals surface area contributed by atoms with E-state index < -0.39 is 5.97 Å². The van der Waals surface area contributed by atoms with Gasteiger partial charge in [0.1, 0.15) is 5.75 Å². The molecule has 152 valence electrons. The molecule has 0 unspecified atom stereocenters. The molecular formula is C21H22N2O6. The van der Waals surface area contributed by atoms with Crippen molar-refractivity contribution in [2.24, 2.45) is 0 Å². The number of ether oxygens (including phenoxy) is 4. The lowest BCUT2D eigenvalue weighted by Crippen LogP contribution is -2.16. The van der Waals surface area contributed by atoms with Crippen LogP contribution in [0.1, 0.15) is 28.8 Å². The third-order valence-electron chi connectivity index (χ3n) is 4.00. The van der Waals surface area contributed by atoms with Crippen LogP contribution in [0.15, 0.2) is 36.4 Å². The summed E-state index contributed by atoms with van der Waals surface area (Å²) in [4.78, 5) is 24.2. The number of methoxy groups -OCH3 is 3. The monoisotopic (exact) mass is 398 g/mol. The third-order valence-corrected chi connectivity index (χ3v) is 4.00. The average Bonchev–Trinajstić information content (AvgIpc) is 2.76. The molecule has 2 aromatic rings. The topological polar surface area (TPSA) is 107 Å². The van der Waals surface area contributed by atoms with Crippen LogP contribution in [0.2, 0.25) is 0 Å². The lowest BCUT2D eigenvalue weighted by molar-refractivity contribution is -0.116. The number of benzene rings is 2. The van der Waals surface area contributed by atoms with Gasteiger partial charge in [0.25, 0.3) is 0 Å². The highest BCUT2D eigenvalue weighted by Gasteiger charge is 2.15. The molecule has 2 aromatic carbocycles. The van der Waals surface area contributed by atoms with Gasteiger partial charge in [0.15, 0.2) is 11.5 Å². The number of rotatable bonds is 9. The van der Waals surface area contributed by atoms with E-state index in [1.54, 1.807) is 30.3 Å². The van der Waals surface area contributed by atoms with E-state index in [9.17, 15) is 9.59 Å². The Bertz CT molecular complexity index is 920. The molecule has 0 fully saturated rings. The summed E-state index contributed by atoms with van der Waals surface area (Å²) in [5, 5.41) is 11.6. The number of hydrogen-bond donors (Lipinski definition) is 1. The average molecular weight is 398 g/mol. The zero-order chi connectivity index (χ0) is 21.2. The van der Waals surface area contributed by atoms with Crippen LogP contribution in [0, 0.1) is 11.3 Å². The number of hydrogen-bond acceptors (Lipinski definition) is 7. The molecule has 1 amide bonds. The second kappa shape index (κ2) is 10.6. The van der Waals surface area contributed by atoms with Crippen LogP contribution in [-0.4, -0.2) is 39.8 Å². The molecule has 0 aliphatic heterocycles. The summed E-state index contributed by atoms with van der Waals surface area (Å²) in [5.74, 6) is 0.587. The van der Waals surface area contributed by atoms with E-state index in [1.165, 1.54) is 27.4 Å². The molecule has 2 rings (SSSR count). The summed E-state index contributed by atoms with van der Waals surface area (Å²) in [7, 11) is 4.24. The minimum absolute atomic E-state index is 0.186. The van der Waals surface area contributed by atoms with Crippen LogP contribution in [0.4, 0.5) is 5.69 Å². The molecule has 1 N–H and O–H groups in total. The summed E-state index contributed by atoms with van der Waals surface area (Å²) in [6.07, 6.45) is 0.629. The van der Waals surface area contributed by atoms with Crippen molar-refractivity contribution in [3.8, 4) is 23.3 Å². The summed E-state index contributed by atoms with van der Waals surface area (Å²) in [6.45, 7) is 0.280. The number of carbonyl (C=O) groups excluding carboxylic acids is 2. The van der Waals surface area contributed by atoms with Gasteiger partial charge in [0.05, 0.1) is 50.8 Å². The van der Waals surface area contributed by atoms with Gasteiger partial charge in [-0.1, -0.05) is 0 Å². The predicted molar refractivity (Wildman–Crippen MR) is 105 cm³/mol. The normalized spacial score (nSPS) is 9.86. The first kappa shape index (κ1) is 21.6. The lowest BCUT2D eigenvalue weighted by Gasteiger charge is -2.12. The Hall–Kier alpha value is -3.73. The maximum absolute atomic E-state index is 12.2. The molecule has 8 nitrogen and oxygen atoms in total. The fourth-order valence-electron chi connectivity index (χ4n) is 2.52. The first-order valence-corrected chi connectivity index (χ1v) is 8.79. The standard InChI is InChI=1S/C21H22N2O6/c1-26-15-7-8-17(16(12-15)21(25)28-3)23-20(24)5-4-10-29-18-9-6-14(13-22)11-19(18)27-2/h6-9,11-12H,4-5,10H2,1-3H3,(H,23,24). The smallest absolute Gasteiger partial charge is 0.340 e. The van der Waals surface area contributed by atoms with Gasteiger partial charge in [0.2, 0.25) is 5.91 Å². The molecule has 0 atom stereocenters. The van der Waals surface area contributed by atoms with E-state index in [-0.39, 0.29) is 24.5 Å². The molecule has 0 aromatic heterocycles. The largest absolute Gasteiger partial charge is 0.497 e. The first-order chi connectivity index (χ1) is 14.0. The minimum Gasteiger partial charge on any atom is -0.497 e. The van der Waals surface area contributed by atoms with Crippen LogP contribution in [0.3, 0.4) is 0 Å². The fraction of sp³-hybridized carbons (Fsp3) is 0.286. The van der Waals surface area contributed by atoms with E-state index >= 15 is 0 Å². The van der Waals surface area contributed by atoms with Crippen molar-refractivity contribution in [3.05, 3.63) is 47.5 Å².